The molecule has 2 rings (SSSR count). The van der Waals surface area contributed by atoms with Crippen LogP contribution in [-0.4, -0.2) is 72.0 Å². The molecule has 1 unspecified atom stereocenters. The second-order valence-electron chi connectivity index (χ2n) is 7.13. The van der Waals surface area contributed by atoms with Crippen molar-refractivity contribution in [3.63, 3.8) is 0 Å². The van der Waals surface area contributed by atoms with Crippen LogP contribution in [0.2, 0.25) is 0 Å². The zero-order chi connectivity index (χ0) is 19.5. The van der Waals surface area contributed by atoms with Gasteiger partial charge in [-0.25, -0.2) is 9.67 Å². The number of hydrogen-bond donors (Lipinski definition) is 2. The molecule has 0 bridgehead atoms. The van der Waals surface area contributed by atoms with Crippen LogP contribution in [0.1, 0.15) is 51.2 Å². The monoisotopic (exact) mass is 507 g/mol. The van der Waals surface area contributed by atoms with Crippen molar-refractivity contribution in [1.29, 1.82) is 0 Å². The van der Waals surface area contributed by atoms with Gasteiger partial charge >= 0.3 is 0 Å². The highest BCUT2D eigenvalue weighted by Gasteiger charge is 2.22. The molecule has 0 saturated carbocycles. The summed E-state index contributed by atoms with van der Waals surface area (Å²) in [4.78, 5) is 11.5. The lowest BCUT2D eigenvalue weighted by Crippen LogP contribution is -2.47. The summed E-state index contributed by atoms with van der Waals surface area (Å²) >= 11 is 0. The molecule has 0 aromatic carbocycles. The van der Waals surface area contributed by atoms with Crippen LogP contribution < -0.4 is 10.6 Å². The second-order valence-corrected chi connectivity index (χ2v) is 7.13. The van der Waals surface area contributed by atoms with E-state index in [4.69, 9.17) is 4.74 Å². The van der Waals surface area contributed by atoms with Crippen LogP contribution in [0.25, 0.3) is 0 Å². The molecule has 0 fully saturated rings. The molecule has 0 aliphatic carbocycles. The summed E-state index contributed by atoms with van der Waals surface area (Å²) in [6.07, 6.45) is 5.52. The number of aromatic nitrogens is 3. The summed E-state index contributed by atoms with van der Waals surface area (Å²) in [5.41, 5.74) is 0. The van der Waals surface area contributed by atoms with Gasteiger partial charge in [0.15, 0.2) is 11.8 Å². The maximum absolute atomic E-state index is 5.13. The molecule has 2 N–H and O–H groups in total. The standard InChI is InChI=1S/C19H37N7O.HI/c1-5-11-25(12-6-2)13-7-10-21-19(20-3)22-16-8-9-18-23-17(15-27-4)24-26(18)14-16;/h16H,5-15H2,1-4H3,(H2,20,21,22);1H. The molecule has 28 heavy (non-hydrogen) atoms. The van der Waals surface area contributed by atoms with Crippen LogP contribution in [0.4, 0.5) is 0 Å². The Labute approximate surface area is 186 Å². The first-order valence-corrected chi connectivity index (χ1v) is 10.3. The number of nitrogens with one attached hydrogen (secondary N) is 2. The van der Waals surface area contributed by atoms with E-state index < -0.39 is 0 Å². The predicted molar refractivity (Wildman–Crippen MR) is 124 cm³/mol. The van der Waals surface area contributed by atoms with Crippen molar-refractivity contribution < 1.29 is 4.74 Å². The number of nitrogens with zero attached hydrogens (tertiary/aromatic N) is 5. The zero-order valence-corrected chi connectivity index (χ0v) is 20.2. The second kappa shape index (κ2) is 14.1. The summed E-state index contributed by atoms with van der Waals surface area (Å²) in [6, 6.07) is 0.317. The minimum atomic E-state index is 0. The van der Waals surface area contributed by atoms with E-state index >= 15 is 0 Å². The van der Waals surface area contributed by atoms with Crippen LogP contribution in [0.3, 0.4) is 0 Å². The van der Waals surface area contributed by atoms with Gasteiger partial charge < -0.3 is 20.3 Å². The van der Waals surface area contributed by atoms with Gasteiger partial charge in [-0.1, -0.05) is 13.8 Å². The van der Waals surface area contributed by atoms with Crippen LogP contribution in [0.5, 0.6) is 0 Å². The number of methoxy groups -OCH3 is 1. The van der Waals surface area contributed by atoms with Crippen molar-refractivity contribution in [2.24, 2.45) is 4.99 Å². The number of aliphatic imine (C=N–C) groups is 1. The first-order chi connectivity index (χ1) is 13.2. The molecule has 0 spiro atoms. The number of halogens is 1. The molecule has 0 radical (unpaired) electrons. The fraction of sp³-hybridized carbons (Fsp3) is 0.842. The van der Waals surface area contributed by atoms with Crippen LogP contribution in [0.15, 0.2) is 4.99 Å². The van der Waals surface area contributed by atoms with E-state index in [0.717, 1.165) is 56.5 Å². The fourth-order valence-corrected chi connectivity index (χ4v) is 3.53. The Morgan fingerprint density at radius 2 is 2.04 bits per heavy atom. The highest BCUT2D eigenvalue weighted by Crippen LogP contribution is 2.13. The lowest BCUT2D eigenvalue weighted by atomic mass is 10.1. The first kappa shape index (κ1) is 25.1. The van der Waals surface area contributed by atoms with Gasteiger partial charge in [0, 0.05) is 33.2 Å². The Kier molecular flexibility index (Phi) is 12.6. The van der Waals surface area contributed by atoms with Crippen molar-refractivity contribution >= 4 is 29.9 Å². The fourth-order valence-electron chi connectivity index (χ4n) is 3.53. The van der Waals surface area contributed by atoms with Crippen molar-refractivity contribution in [2.75, 3.05) is 40.3 Å². The SMILES string of the molecule is CCCN(CCC)CCCNC(=NC)NC1CCc2nc(COC)nn2C1.I. The van der Waals surface area contributed by atoms with Crippen molar-refractivity contribution in [3.05, 3.63) is 11.6 Å². The molecule has 162 valence electrons. The van der Waals surface area contributed by atoms with Crippen molar-refractivity contribution in [2.45, 2.75) is 65.1 Å². The molecule has 8 nitrogen and oxygen atoms in total. The first-order valence-electron chi connectivity index (χ1n) is 10.3. The van der Waals surface area contributed by atoms with Crippen LogP contribution in [0, 0.1) is 0 Å². The molecule has 0 saturated heterocycles. The molecule has 1 atom stereocenters. The summed E-state index contributed by atoms with van der Waals surface area (Å²) in [6.45, 7) is 10.2. The zero-order valence-electron chi connectivity index (χ0n) is 17.9. The van der Waals surface area contributed by atoms with E-state index in [9.17, 15) is 0 Å². The van der Waals surface area contributed by atoms with Gasteiger partial charge in [0.2, 0.25) is 0 Å². The largest absolute Gasteiger partial charge is 0.377 e. The number of ether oxygens (including phenoxy) is 1. The summed E-state index contributed by atoms with van der Waals surface area (Å²) < 4.78 is 7.13. The Morgan fingerprint density at radius 1 is 1.29 bits per heavy atom. The average molecular weight is 507 g/mol. The summed E-state index contributed by atoms with van der Waals surface area (Å²) in [7, 11) is 3.50. The lowest BCUT2D eigenvalue weighted by Gasteiger charge is -2.25. The van der Waals surface area contributed by atoms with Crippen LogP contribution >= 0.6 is 24.0 Å². The van der Waals surface area contributed by atoms with Gasteiger partial charge in [-0.2, -0.15) is 5.10 Å². The van der Waals surface area contributed by atoms with E-state index in [0.29, 0.717) is 12.6 Å². The normalized spacial score (nSPS) is 16.6. The number of aryl methyl sites for hydroxylation is 1. The molecular formula is C19H38IN7O. The minimum Gasteiger partial charge on any atom is -0.377 e. The van der Waals surface area contributed by atoms with E-state index in [1.54, 1.807) is 7.11 Å². The van der Waals surface area contributed by atoms with E-state index in [1.807, 2.05) is 11.7 Å². The van der Waals surface area contributed by atoms with Gasteiger partial charge in [0.05, 0.1) is 6.54 Å². The lowest BCUT2D eigenvalue weighted by molar-refractivity contribution is 0.177. The topological polar surface area (TPSA) is 79.6 Å². The van der Waals surface area contributed by atoms with Crippen molar-refractivity contribution in [3.8, 4) is 0 Å². The Balaban J connectivity index is 0.00000392. The van der Waals surface area contributed by atoms with Gasteiger partial charge in [0.1, 0.15) is 12.4 Å². The van der Waals surface area contributed by atoms with E-state index in [1.165, 1.54) is 25.9 Å². The van der Waals surface area contributed by atoms with Gasteiger partial charge in [0.25, 0.3) is 0 Å². The molecule has 9 heteroatoms. The molecular weight excluding hydrogens is 469 g/mol. The number of rotatable bonds is 11. The average Bonchev–Trinajstić information content (AvgIpc) is 3.06. The summed E-state index contributed by atoms with van der Waals surface area (Å²) in [5, 5.41) is 11.5. The Morgan fingerprint density at radius 3 is 2.68 bits per heavy atom. The highest BCUT2D eigenvalue weighted by atomic mass is 127. The molecule has 1 aliphatic heterocycles. The number of hydrogen-bond acceptors (Lipinski definition) is 5. The minimum absolute atomic E-state index is 0. The third-order valence-corrected chi connectivity index (χ3v) is 4.76. The van der Waals surface area contributed by atoms with E-state index in [2.05, 4.69) is 44.5 Å². The Bertz CT molecular complexity index is 573. The predicted octanol–water partition coefficient (Wildman–Crippen LogP) is 2.03. The van der Waals surface area contributed by atoms with Gasteiger partial charge in [-0.05, 0) is 45.3 Å². The summed E-state index contributed by atoms with van der Waals surface area (Å²) in [5.74, 6) is 2.69. The third-order valence-electron chi connectivity index (χ3n) is 4.76. The quantitative estimate of drug-likeness (QED) is 0.207. The third kappa shape index (κ3) is 8.20. The maximum Gasteiger partial charge on any atom is 0.191 e. The van der Waals surface area contributed by atoms with E-state index in [-0.39, 0.29) is 24.0 Å². The Hall–Kier alpha value is -0.940. The van der Waals surface area contributed by atoms with Gasteiger partial charge in [-0.3, -0.25) is 4.99 Å². The molecule has 0 amide bonds. The number of fused-ring (bicyclic) bond motifs is 1. The van der Waals surface area contributed by atoms with Gasteiger partial charge in [-0.15, -0.1) is 24.0 Å². The maximum atomic E-state index is 5.13. The van der Waals surface area contributed by atoms with Crippen molar-refractivity contribution in [1.82, 2.24) is 30.3 Å². The molecule has 1 aromatic heterocycles. The van der Waals surface area contributed by atoms with Crippen LogP contribution in [-0.2, 0) is 24.3 Å². The highest BCUT2D eigenvalue weighted by molar-refractivity contribution is 14.0. The molecule has 2 heterocycles. The number of guanidine groups is 1. The molecule has 1 aliphatic rings. The molecule has 1 aromatic rings. The smallest absolute Gasteiger partial charge is 0.191 e.